The van der Waals surface area contributed by atoms with Gasteiger partial charge in [0.25, 0.3) is 0 Å². The predicted molar refractivity (Wildman–Crippen MR) is 91.7 cm³/mol. The van der Waals surface area contributed by atoms with Crippen LogP contribution in [0.1, 0.15) is 27.2 Å². The number of aliphatic imine (C=N–C) groups is 1. The summed E-state index contributed by atoms with van der Waals surface area (Å²) in [6.45, 7) is 9.24. The standard InChI is InChI=1S/C13H27N3O3.HI/c1-5-14-13(15-8-7-9-19-6-2)16-10-11(3)12(17)18-4;/h11H,5-10H2,1-4H3,(H2,14,15,16);1H. The Hall–Kier alpha value is -0.570. The molecule has 0 amide bonds. The molecule has 1 unspecified atom stereocenters. The molecule has 20 heavy (non-hydrogen) atoms. The molecule has 0 aromatic carbocycles. The Morgan fingerprint density at radius 1 is 1.30 bits per heavy atom. The number of methoxy groups -OCH3 is 1. The van der Waals surface area contributed by atoms with Crippen LogP contribution < -0.4 is 10.6 Å². The van der Waals surface area contributed by atoms with E-state index in [4.69, 9.17) is 4.74 Å². The first kappa shape index (κ1) is 21.7. The molecular formula is C13H28IN3O3. The number of carbonyl (C=O) groups excluding carboxylic acids is 1. The number of ether oxygens (including phenoxy) is 2. The average Bonchev–Trinajstić information content (AvgIpc) is 2.43. The molecule has 6 nitrogen and oxygen atoms in total. The van der Waals surface area contributed by atoms with Gasteiger partial charge in [-0.05, 0) is 20.3 Å². The van der Waals surface area contributed by atoms with Gasteiger partial charge in [0.05, 0.1) is 19.6 Å². The van der Waals surface area contributed by atoms with Gasteiger partial charge in [-0.3, -0.25) is 9.79 Å². The predicted octanol–water partition coefficient (Wildman–Crippen LogP) is 1.40. The molecule has 1 atom stereocenters. The molecule has 0 aliphatic rings. The number of carbonyl (C=O) groups is 1. The number of hydrogen-bond acceptors (Lipinski definition) is 4. The third-order valence-electron chi connectivity index (χ3n) is 2.43. The van der Waals surface area contributed by atoms with Crippen molar-refractivity contribution in [2.45, 2.75) is 27.2 Å². The van der Waals surface area contributed by atoms with Crippen molar-refractivity contribution in [1.29, 1.82) is 0 Å². The van der Waals surface area contributed by atoms with Gasteiger partial charge in [-0.25, -0.2) is 0 Å². The fourth-order valence-corrected chi connectivity index (χ4v) is 1.37. The quantitative estimate of drug-likeness (QED) is 0.201. The van der Waals surface area contributed by atoms with Crippen molar-refractivity contribution in [1.82, 2.24) is 10.6 Å². The fourth-order valence-electron chi connectivity index (χ4n) is 1.37. The maximum absolute atomic E-state index is 11.3. The van der Waals surface area contributed by atoms with Crippen molar-refractivity contribution in [3.05, 3.63) is 0 Å². The topological polar surface area (TPSA) is 72.0 Å². The van der Waals surface area contributed by atoms with E-state index in [0.29, 0.717) is 6.54 Å². The highest BCUT2D eigenvalue weighted by Gasteiger charge is 2.12. The molecule has 0 aliphatic heterocycles. The van der Waals surface area contributed by atoms with Crippen LogP contribution in [0, 0.1) is 5.92 Å². The highest BCUT2D eigenvalue weighted by Crippen LogP contribution is 1.97. The van der Waals surface area contributed by atoms with Crippen LogP contribution in [-0.4, -0.2) is 51.9 Å². The fraction of sp³-hybridized carbons (Fsp3) is 0.846. The third kappa shape index (κ3) is 11.3. The first-order chi connectivity index (χ1) is 9.15. The van der Waals surface area contributed by atoms with E-state index in [0.717, 1.165) is 38.7 Å². The van der Waals surface area contributed by atoms with Crippen molar-refractivity contribution in [3.63, 3.8) is 0 Å². The van der Waals surface area contributed by atoms with Gasteiger partial charge in [-0.1, -0.05) is 6.92 Å². The SMILES string of the molecule is CCNC(=NCC(C)C(=O)OC)NCCCOCC.I. The number of hydrogen-bond donors (Lipinski definition) is 2. The molecule has 0 heterocycles. The van der Waals surface area contributed by atoms with Gasteiger partial charge in [-0.2, -0.15) is 0 Å². The minimum Gasteiger partial charge on any atom is -0.469 e. The molecule has 0 saturated carbocycles. The maximum Gasteiger partial charge on any atom is 0.310 e. The van der Waals surface area contributed by atoms with Crippen molar-refractivity contribution in [2.75, 3.05) is 40.0 Å². The summed E-state index contributed by atoms with van der Waals surface area (Å²) in [6.07, 6.45) is 0.921. The van der Waals surface area contributed by atoms with Gasteiger partial charge in [0, 0.05) is 26.3 Å². The van der Waals surface area contributed by atoms with Gasteiger partial charge in [0.1, 0.15) is 0 Å². The van der Waals surface area contributed by atoms with Crippen LogP contribution in [-0.2, 0) is 14.3 Å². The molecule has 0 fully saturated rings. The summed E-state index contributed by atoms with van der Waals surface area (Å²) in [7, 11) is 1.39. The summed E-state index contributed by atoms with van der Waals surface area (Å²) in [5.41, 5.74) is 0. The maximum atomic E-state index is 11.3. The number of halogens is 1. The summed E-state index contributed by atoms with van der Waals surface area (Å²) in [5.74, 6) is 0.245. The third-order valence-corrected chi connectivity index (χ3v) is 2.43. The van der Waals surface area contributed by atoms with Gasteiger partial charge in [-0.15, -0.1) is 24.0 Å². The van der Waals surface area contributed by atoms with Crippen molar-refractivity contribution >= 4 is 35.9 Å². The molecule has 7 heteroatoms. The van der Waals surface area contributed by atoms with E-state index >= 15 is 0 Å². The summed E-state index contributed by atoms with van der Waals surface area (Å²) in [5, 5.41) is 6.33. The lowest BCUT2D eigenvalue weighted by molar-refractivity contribution is -0.144. The number of nitrogens with one attached hydrogen (secondary N) is 2. The second kappa shape index (κ2) is 14.8. The zero-order valence-corrected chi connectivity index (χ0v) is 15.2. The van der Waals surface area contributed by atoms with Crippen LogP contribution in [0.15, 0.2) is 4.99 Å². The summed E-state index contributed by atoms with van der Waals surface area (Å²) in [6, 6.07) is 0. The van der Waals surface area contributed by atoms with Gasteiger partial charge >= 0.3 is 5.97 Å². The highest BCUT2D eigenvalue weighted by molar-refractivity contribution is 14.0. The molecule has 0 aromatic heterocycles. The molecular weight excluding hydrogens is 373 g/mol. The summed E-state index contributed by atoms with van der Waals surface area (Å²) in [4.78, 5) is 15.6. The molecule has 0 aromatic rings. The normalized spacial score (nSPS) is 12.3. The van der Waals surface area contributed by atoms with Crippen LogP contribution in [0.4, 0.5) is 0 Å². The summed E-state index contributed by atoms with van der Waals surface area (Å²) < 4.78 is 9.92. The van der Waals surface area contributed by atoms with E-state index in [9.17, 15) is 4.79 Å². The molecule has 0 spiro atoms. The van der Waals surface area contributed by atoms with E-state index in [2.05, 4.69) is 20.4 Å². The minimum atomic E-state index is -0.240. The monoisotopic (exact) mass is 401 g/mol. The Bertz CT molecular complexity index is 276. The Morgan fingerprint density at radius 3 is 2.55 bits per heavy atom. The van der Waals surface area contributed by atoms with Crippen molar-refractivity contribution in [3.8, 4) is 0 Å². The highest BCUT2D eigenvalue weighted by atomic mass is 127. The number of esters is 1. The van der Waals surface area contributed by atoms with E-state index in [1.54, 1.807) is 6.92 Å². The van der Waals surface area contributed by atoms with Crippen LogP contribution in [0.5, 0.6) is 0 Å². The average molecular weight is 401 g/mol. The molecule has 0 aliphatic carbocycles. The largest absolute Gasteiger partial charge is 0.469 e. The molecule has 2 N–H and O–H groups in total. The minimum absolute atomic E-state index is 0. The second-order valence-corrected chi connectivity index (χ2v) is 4.12. The van der Waals surface area contributed by atoms with E-state index < -0.39 is 0 Å². The van der Waals surface area contributed by atoms with E-state index in [1.165, 1.54) is 7.11 Å². The smallest absolute Gasteiger partial charge is 0.310 e. The summed E-state index contributed by atoms with van der Waals surface area (Å²) >= 11 is 0. The molecule has 0 rings (SSSR count). The lowest BCUT2D eigenvalue weighted by atomic mass is 10.2. The Kier molecular flexibility index (Phi) is 16.1. The lowest BCUT2D eigenvalue weighted by Crippen LogP contribution is -2.38. The molecule has 0 saturated heterocycles. The van der Waals surface area contributed by atoms with Gasteiger partial charge in [0.2, 0.25) is 0 Å². The van der Waals surface area contributed by atoms with Gasteiger partial charge < -0.3 is 20.1 Å². The van der Waals surface area contributed by atoms with Crippen molar-refractivity contribution < 1.29 is 14.3 Å². The van der Waals surface area contributed by atoms with Crippen LogP contribution >= 0.6 is 24.0 Å². The van der Waals surface area contributed by atoms with Crippen LogP contribution in [0.2, 0.25) is 0 Å². The zero-order chi connectivity index (χ0) is 14.5. The Labute approximate surface area is 139 Å². The second-order valence-electron chi connectivity index (χ2n) is 4.12. The number of rotatable bonds is 9. The number of nitrogens with zero attached hydrogens (tertiary/aromatic N) is 1. The van der Waals surface area contributed by atoms with E-state index in [-0.39, 0.29) is 35.9 Å². The van der Waals surface area contributed by atoms with Crippen molar-refractivity contribution in [2.24, 2.45) is 10.9 Å². The Balaban J connectivity index is 0. The van der Waals surface area contributed by atoms with Crippen LogP contribution in [0.25, 0.3) is 0 Å². The molecule has 120 valence electrons. The van der Waals surface area contributed by atoms with Gasteiger partial charge in [0.15, 0.2) is 5.96 Å². The molecule has 0 bridgehead atoms. The van der Waals surface area contributed by atoms with E-state index in [1.807, 2.05) is 13.8 Å². The van der Waals surface area contributed by atoms with Crippen LogP contribution in [0.3, 0.4) is 0 Å². The zero-order valence-electron chi connectivity index (χ0n) is 12.9. The molecule has 0 radical (unpaired) electrons. The lowest BCUT2D eigenvalue weighted by Gasteiger charge is -2.12. The first-order valence-corrected chi connectivity index (χ1v) is 6.83. The number of guanidine groups is 1. The Morgan fingerprint density at radius 2 is 2.00 bits per heavy atom. The first-order valence-electron chi connectivity index (χ1n) is 6.83.